The first-order valence-corrected chi connectivity index (χ1v) is 6.25. The maximum atomic E-state index is 13.2. The number of aromatic amines is 1. The van der Waals surface area contributed by atoms with Crippen LogP contribution in [-0.2, 0) is 6.42 Å². The van der Waals surface area contributed by atoms with Crippen molar-refractivity contribution in [1.29, 1.82) is 0 Å². The molecular weight excluding hydrogens is 245 g/mol. The van der Waals surface area contributed by atoms with Crippen LogP contribution >= 0.6 is 0 Å². The summed E-state index contributed by atoms with van der Waals surface area (Å²) < 4.78 is 13.2. The highest BCUT2D eigenvalue weighted by molar-refractivity contribution is 5.94. The summed E-state index contributed by atoms with van der Waals surface area (Å²) in [4.78, 5) is 14.1. The third-order valence-corrected chi connectivity index (χ3v) is 3.65. The Hall–Kier alpha value is -2.17. The van der Waals surface area contributed by atoms with Crippen molar-refractivity contribution in [3.05, 3.63) is 53.1 Å². The highest BCUT2D eigenvalue weighted by Gasteiger charge is 2.28. The van der Waals surface area contributed by atoms with Crippen molar-refractivity contribution in [2.75, 3.05) is 6.54 Å². The van der Waals surface area contributed by atoms with Gasteiger partial charge in [-0.2, -0.15) is 5.10 Å². The lowest BCUT2D eigenvalue weighted by atomic mass is 9.93. The van der Waals surface area contributed by atoms with Gasteiger partial charge in [-0.15, -0.1) is 0 Å². The summed E-state index contributed by atoms with van der Waals surface area (Å²) in [6, 6.07) is 4.73. The van der Waals surface area contributed by atoms with Crippen molar-refractivity contribution in [2.45, 2.75) is 19.4 Å². The second-order valence-corrected chi connectivity index (χ2v) is 4.75. The van der Waals surface area contributed by atoms with Crippen molar-refractivity contribution in [3.8, 4) is 0 Å². The number of fused-ring (bicyclic) bond motifs is 1. The number of hydrogen-bond donors (Lipinski definition) is 1. The van der Waals surface area contributed by atoms with E-state index in [9.17, 15) is 9.18 Å². The van der Waals surface area contributed by atoms with Gasteiger partial charge in [-0.1, -0.05) is 6.07 Å². The summed E-state index contributed by atoms with van der Waals surface area (Å²) >= 11 is 0. The van der Waals surface area contributed by atoms with Crippen LogP contribution in [0, 0.1) is 5.82 Å². The average molecular weight is 259 g/mol. The van der Waals surface area contributed by atoms with Gasteiger partial charge in [-0.05, 0) is 36.6 Å². The molecule has 1 N–H and O–H groups in total. The zero-order valence-corrected chi connectivity index (χ0v) is 10.6. The molecule has 1 aliphatic rings. The van der Waals surface area contributed by atoms with E-state index in [1.54, 1.807) is 23.2 Å². The number of carbonyl (C=O) groups is 1. The molecule has 1 aromatic heterocycles. The molecule has 0 unspecified atom stereocenters. The van der Waals surface area contributed by atoms with Crippen molar-refractivity contribution in [2.24, 2.45) is 0 Å². The zero-order valence-electron chi connectivity index (χ0n) is 10.6. The highest BCUT2D eigenvalue weighted by Crippen LogP contribution is 2.30. The van der Waals surface area contributed by atoms with Crippen molar-refractivity contribution < 1.29 is 9.18 Å². The molecule has 4 nitrogen and oxygen atoms in total. The summed E-state index contributed by atoms with van der Waals surface area (Å²) in [5.74, 6) is -0.267. The molecule has 1 amide bonds. The quantitative estimate of drug-likeness (QED) is 0.854. The molecule has 0 fully saturated rings. The Balaban J connectivity index is 1.91. The van der Waals surface area contributed by atoms with Crippen LogP contribution in [0.4, 0.5) is 4.39 Å². The first kappa shape index (κ1) is 11.9. The van der Waals surface area contributed by atoms with Gasteiger partial charge in [0, 0.05) is 12.7 Å². The summed E-state index contributed by atoms with van der Waals surface area (Å²) in [5, 5.41) is 6.44. The van der Waals surface area contributed by atoms with E-state index in [-0.39, 0.29) is 17.8 Å². The molecule has 0 saturated carbocycles. The lowest BCUT2D eigenvalue weighted by Crippen LogP contribution is -2.38. The lowest BCUT2D eigenvalue weighted by molar-refractivity contribution is 0.0677. The third-order valence-electron chi connectivity index (χ3n) is 3.65. The van der Waals surface area contributed by atoms with E-state index in [4.69, 9.17) is 0 Å². The molecule has 1 aliphatic heterocycles. The maximum absolute atomic E-state index is 13.2. The number of nitrogens with zero attached hydrogens (tertiary/aromatic N) is 2. The molecule has 1 atom stereocenters. The summed E-state index contributed by atoms with van der Waals surface area (Å²) in [7, 11) is 0. The number of halogens is 1. The number of benzene rings is 1. The Labute approximate surface area is 110 Å². The van der Waals surface area contributed by atoms with Crippen LogP contribution in [0.15, 0.2) is 30.6 Å². The second kappa shape index (κ2) is 4.50. The minimum absolute atomic E-state index is 0.0452. The van der Waals surface area contributed by atoms with Gasteiger partial charge in [0.15, 0.2) is 0 Å². The topological polar surface area (TPSA) is 49.0 Å². The van der Waals surface area contributed by atoms with E-state index in [0.29, 0.717) is 18.5 Å². The molecule has 5 heteroatoms. The number of rotatable bonds is 1. The molecular formula is C14H14FN3O. The van der Waals surface area contributed by atoms with Gasteiger partial charge in [0.05, 0.1) is 17.8 Å². The Bertz CT molecular complexity index is 609. The predicted octanol–water partition coefficient (Wildman–Crippen LogP) is 2.31. The van der Waals surface area contributed by atoms with Crippen LogP contribution < -0.4 is 0 Å². The SMILES string of the molecule is C[C@H]1c2ccc(F)cc2CCN1C(=O)c1cn[nH]c1. The molecule has 19 heavy (non-hydrogen) atoms. The summed E-state index contributed by atoms with van der Waals surface area (Å²) in [6.07, 6.45) is 3.80. The molecule has 98 valence electrons. The number of hydrogen-bond acceptors (Lipinski definition) is 2. The number of nitrogens with one attached hydrogen (secondary N) is 1. The second-order valence-electron chi connectivity index (χ2n) is 4.75. The molecule has 0 saturated heterocycles. The number of carbonyl (C=O) groups excluding carboxylic acids is 1. The summed E-state index contributed by atoms with van der Waals surface area (Å²) in [6.45, 7) is 2.56. The average Bonchev–Trinajstić information content (AvgIpc) is 2.92. The van der Waals surface area contributed by atoms with E-state index in [0.717, 1.165) is 11.1 Å². The maximum Gasteiger partial charge on any atom is 0.257 e. The van der Waals surface area contributed by atoms with Gasteiger partial charge in [0.2, 0.25) is 0 Å². The van der Waals surface area contributed by atoms with Crippen LogP contribution in [0.25, 0.3) is 0 Å². The molecule has 3 rings (SSSR count). The van der Waals surface area contributed by atoms with Crippen LogP contribution in [0.1, 0.15) is 34.5 Å². The molecule has 0 bridgehead atoms. The fourth-order valence-corrected chi connectivity index (χ4v) is 2.61. The number of amides is 1. The van der Waals surface area contributed by atoms with E-state index in [1.807, 2.05) is 6.92 Å². The van der Waals surface area contributed by atoms with Crippen LogP contribution in [-0.4, -0.2) is 27.5 Å². The lowest BCUT2D eigenvalue weighted by Gasteiger charge is -2.35. The standard InChI is InChI=1S/C14H14FN3O/c1-9-13-3-2-12(15)6-10(13)4-5-18(9)14(19)11-7-16-17-8-11/h2-3,6-9H,4-5H2,1H3,(H,16,17)/t9-/m0/s1. The molecule has 0 spiro atoms. The normalized spacial score (nSPS) is 18.2. The first-order valence-electron chi connectivity index (χ1n) is 6.25. The Morgan fingerprint density at radius 3 is 3.11 bits per heavy atom. The Kier molecular flexibility index (Phi) is 2.81. The predicted molar refractivity (Wildman–Crippen MR) is 68.1 cm³/mol. The zero-order chi connectivity index (χ0) is 13.4. The minimum atomic E-state index is -0.222. The van der Waals surface area contributed by atoms with Crippen LogP contribution in [0.3, 0.4) is 0 Å². The van der Waals surface area contributed by atoms with E-state index >= 15 is 0 Å². The van der Waals surface area contributed by atoms with Crippen LogP contribution in [0.5, 0.6) is 0 Å². The monoisotopic (exact) mass is 259 g/mol. The third kappa shape index (κ3) is 2.01. The van der Waals surface area contributed by atoms with E-state index < -0.39 is 0 Å². The molecule has 0 radical (unpaired) electrons. The van der Waals surface area contributed by atoms with Gasteiger partial charge >= 0.3 is 0 Å². The van der Waals surface area contributed by atoms with Gasteiger partial charge in [-0.25, -0.2) is 4.39 Å². The molecule has 1 aromatic carbocycles. The van der Waals surface area contributed by atoms with Crippen molar-refractivity contribution >= 4 is 5.91 Å². The number of aromatic nitrogens is 2. The minimum Gasteiger partial charge on any atom is -0.331 e. The molecule has 2 heterocycles. The highest BCUT2D eigenvalue weighted by atomic mass is 19.1. The number of H-pyrrole nitrogens is 1. The van der Waals surface area contributed by atoms with Crippen molar-refractivity contribution in [1.82, 2.24) is 15.1 Å². The molecule has 2 aromatic rings. The first-order chi connectivity index (χ1) is 9.16. The van der Waals surface area contributed by atoms with Gasteiger partial charge in [0.25, 0.3) is 5.91 Å². The fourth-order valence-electron chi connectivity index (χ4n) is 2.61. The Morgan fingerprint density at radius 1 is 1.53 bits per heavy atom. The van der Waals surface area contributed by atoms with Gasteiger partial charge < -0.3 is 4.90 Å². The van der Waals surface area contributed by atoms with Crippen LogP contribution in [0.2, 0.25) is 0 Å². The Morgan fingerprint density at radius 2 is 2.37 bits per heavy atom. The fraction of sp³-hybridized carbons (Fsp3) is 0.286. The van der Waals surface area contributed by atoms with Gasteiger partial charge in [0.1, 0.15) is 5.82 Å². The largest absolute Gasteiger partial charge is 0.331 e. The van der Waals surface area contributed by atoms with Gasteiger partial charge in [-0.3, -0.25) is 9.89 Å². The van der Waals surface area contributed by atoms with E-state index in [1.165, 1.54) is 12.3 Å². The smallest absolute Gasteiger partial charge is 0.257 e. The van der Waals surface area contributed by atoms with E-state index in [2.05, 4.69) is 10.2 Å². The van der Waals surface area contributed by atoms with Crippen molar-refractivity contribution in [3.63, 3.8) is 0 Å². The summed E-state index contributed by atoms with van der Waals surface area (Å²) in [5.41, 5.74) is 2.56. The molecule has 0 aliphatic carbocycles.